The molecule has 1 aliphatic heterocycles. The van der Waals surface area contributed by atoms with E-state index in [9.17, 15) is 0 Å². The first-order chi connectivity index (χ1) is 7.54. The van der Waals surface area contributed by atoms with E-state index >= 15 is 0 Å². The van der Waals surface area contributed by atoms with Crippen LogP contribution in [0.5, 0.6) is 0 Å². The Morgan fingerprint density at radius 2 is 1.81 bits per heavy atom. The van der Waals surface area contributed by atoms with E-state index in [1.807, 2.05) is 7.05 Å². The smallest absolute Gasteiger partial charge is 0.0195 e. The predicted molar refractivity (Wildman–Crippen MR) is 70.9 cm³/mol. The Hall–Kier alpha value is -0.120. The van der Waals surface area contributed by atoms with Gasteiger partial charge in [0.1, 0.15) is 0 Å². The molecule has 0 aromatic carbocycles. The van der Waals surface area contributed by atoms with Crippen LogP contribution in [0.25, 0.3) is 0 Å². The summed E-state index contributed by atoms with van der Waals surface area (Å²) in [5.41, 5.74) is 0. The molecule has 1 N–H and O–H groups in total. The van der Waals surface area contributed by atoms with Gasteiger partial charge in [-0.1, -0.05) is 0 Å². The molecule has 1 saturated heterocycles. The topological polar surface area (TPSA) is 18.5 Å². The van der Waals surface area contributed by atoms with Gasteiger partial charge in [-0.2, -0.15) is 0 Å². The molecule has 3 nitrogen and oxygen atoms in total. The van der Waals surface area contributed by atoms with Crippen LogP contribution in [0.2, 0.25) is 0 Å². The maximum Gasteiger partial charge on any atom is 0.0195 e. The van der Waals surface area contributed by atoms with Crippen molar-refractivity contribution in [2.75, 3.05) is 33.7 Å². The van der Waals surface area contributed by atoms with Gasteiger partial charge in [0, 0.05) is 31.2 Å². The first-order valence-electron chi connectivity index (χ1n) is 6.66. The quantitative estimate of drug-likeness (QED) is 0.766. The van der Waals surface area contributed by atoms with Gasteiger partial charge in [0.25, 0.3) is 0 Å². The van der Waals surface area contributed by atoms with Gasteiger partial charge in [-0.3, -0.25) is 4.90 Å². The lowest BCUT2D eigenvalue weighted by molar-refractivity contribution is 0.0588. The Morgan fingerprint density at radius 1 is 1.25 bits per heavy atom. The molecule has 0 aromatic heterocycles. The highest BCUT2D eigenvalue weighted by Crippen LogP contribution is 2.13. The van der Waals surface area contributed by atoms with Gasteiger partial charge in [0.2, 0.25) is 0 Å². The number of piperazine rings is 1. The Bertz CT molecular complexity index is 184. The van der Waals surface area contributed by atoms with Crippen molar-refractivity contribution in [3.8, 4) is 0 Å². The molecule has 3 heteroatoms. The van der Waals surface area contributed by atoms with E-state index < -0.39 is 0 Å². The van der Waals surface area contributed by atoms with Crippen molar-refractivity contribution in [3.05, 3.63) is 0 Å². The lowest BCUT2D eigenvalue weighted by Gasteiger charge is -2.42. The zero-order chi connectivity index (χ0) is 12.1. The summed E-state index contributed by atoms with van der Waals surface area (Å²) < 4.78 is 0. The summed E-state index contributed by atoms with van der Waals surface area (Å²) in [7, 11) is 4.29. The second kappa shape index (κ2) is 6.58. The average molecular weight is 227 g/mol. The van der Waals surface area contributed by atoms with Gasteiger partial charge in [-0.25, -0.2) is 0 Å². The molecule has 0 radical (unpaired) electrons. The van der Waals surface area contributed by atoms with Crippen LogP contribution in [0.4, 0.5) is 0 Å². The van der Waals surface area contributed by atoms with Crippen LogP contribution in [0.3, 0.4) is 0 Å². The molecule has 1 aliphatic rings. The fraction of sp³-hybridized carbons (Fsp3) is 1.00. The van der Waals surface area contributed by atoms with Crippen LogP contribution in [-0.4, -0.2) is 61.7 Å². The minimum absolute atomic E-state index is 0.655. The Labute approximate surface area is 101 Å². The Morgan fingerprint density at radius 3 is 2.31 bits per heavy atom. The summed E-state index contributed by atoms with van der Waals surface area (Å²) in [6.07, 6.45) is 2.59. The second-order valence-electron chi connectivity index (χ2n) is 5.46. The van der Waals surface area contributed by atoms with Crippen LogP contribution < -0.4 is 5.32 Å². The fourth-order valence-electron chi connectivity index (χ4n) is 2.46. The third kappa shape index (κ3) is 4.04. The minimum Gasteiger partial charge on any atom is -0.317 e. The van der Waals surface area contributed by atoms with Crippen molar-refractivity contribution < 1.29 is 0 Å². The highest BCUT2D eigenvalue weighted by molar-refractivity contribution is 4.82. The van der Waals surface area contributed by atoms with Crippen LogP contribution in [0, 0.1) is 0 Å². The molecular formula is C13H29N3. The van der Waals surface area contributed by atoms with Gasteiger partial charge < -0.3 is 10.2 Å². The van der Waals surface area contributed by atoms with Crippen molar-refractivity contribution in [3.63, 3.8) is 0 Å². The van der Waals surface area contributed by atoms with Crippen LogP contribution in [0.15, 0.2) is 0 Å². The van der Waals surface area contributed by atoms with Gasteiger partial charge in [0.05, 0.1) is 0 Å². The Kier molecular flexibility index (Phi) is 5.73. The summed E-state index contributed by atoms with van der Waals surface area (Å²) in [5.74, 6) is 0. The maximum atomic E-state index is 3.30. The summed E-state index contributed by atoms with van der Waals surface area (Å²) in [6, 6.07) is 2.05. The lowest BCUT2D eigenvalue weighted by atomic mass is 10.1. The molecule has 0 bridgehead atoms. The molecule has 1 heterocycles. The first-order valence-corrected chi connectivity index (χ1v) is 6.66. The number of hydrogen-bond acceptors (Lipinski definition) is 3. The maximum absolute atomic E-state index is 3.30. The average Bonchev–Trinajstić information content (AvgIpc) is 2.25. The van der Waals surface area contributed by atoms with Gasteiger partial charge in [-0.05, 0) is 54.3 Å². The van der Waals surface area contributed by atoms with Crippen molar-refractivity contribution >= 4 is 0 Å². The summed E-state index contributed by atoms with van der Waals surface area (Å²) >= 11 is 0. The van der Waals surface area contributed by atoms with Gasteiger partial charge >= 0.3 is 0 Å². The number of likely N-dealkylation sites (N-methyl/N-ethyl adjacent to an activating group) is 1. The molecule has 0 amide bonds. The lowest BCUT2D eigenvalue weighted by Crippen LogP contribution is -2.55. The van der Waals surface area contributed by atoms with Crippen molar-refractivity contribution in [2.24, 2.45) is 0 Å². The van der Waals surface area contributed by atoms with Gasteiger partial charge in [0.15, 0.2) is 0 Å². The summed E-state index contributed by atoms with van der Waals surface area (Å²) in [4.78, 5) is 5.12. The van der Waals surface area contributed by atoms with E-state index in [1.54, 1.807) is 0 Å². The van der Waals surface area contributed by atoms with Crippen LogP contribution in [0.1, 0.15) is 33.6 Å². The number of nitrogens with zero attached hydrogens (tertiary/aromatic N) is 2. The monoisotopic (exact) mass is 227 g/mol. The molecule has 3 unspecified atom stereocenters. The van der Waals surface area contributed by atoms with Crippen molar-refractivity contribution in [1.82, 2.24) is 15.1 Å². The Balaban J connectivity index is 2.23. The predicted octanol–water partition coefficient (Wildman–Crippen LogP) is 1.40. The van der Waals surface area contributed by atoms with E-state index in [-0.39, 0.29) is 0 Å². The third-order valence-corrected chi connectivity index (χ3v) is 4.04. The van der Waals surface area contributed by atoms with E-state index in [0.717, 1.165) is 0 Å². The normalized spacial score (nSPS) is 30.6. The van der Waals surface area contributed by atoms with Crippen molar-refractivity contribution in [1.29, 1.82) is 0 Å². The molecule has 0 aliphatic carbocycles. The molecular weight excluding hydrogens is 198 g/mol. The standard InChI is InChI=1S/C13H29N3/c1-11(14-4)7-6-8-16-9-12(2)15(5)13(3)10-16/h11-14H,6-10H2,1-5H3. The van der Waals surface area contributed by atoms with E-state index in [1.165, 1.54) is 32.5 Å². The van der Waals surface area contributed by atoms with E-state index in [4.69, 9.17) is 0 Å². The van der Waals surface area contributed by atoms with E-state index in [0.29, 0.717) is 18.1 Å². The molecule has 96 valence electrons. The van der Waals surface area contributed by atoms with E-state index in [2.05, 4.69) is 42.9 Å². The largest absolute Gasteiger partial charge is 0.317 e. The number of rotatable bonds is 5. The second-order valence-corrected chi connectivity index (χ2v) is 5.46. The zero-order valence-electron chi connectivity index (χ0n) is 11.7. The van der Waals surface area contributed by atoms with Crippen LogP contribution in [-0.2, 0) is 0 Å². The molecule has 0 aromatic rings. The molecule has 1 fully saturated rings. The third-order valence-electron chi connectivity index (χ3n) is 4.04. The first kappa shape index (κ1) is 13.9. The van der Waals surface area contributed by atoms with Gasteiger partial charge in [-0.15, -0.1) is 0 Å². The summed E-state index contributed by atoms with van der Waals surface area (Å²) in [5, 5.41) is 3.30. The molecule has 0 spiro atoms. The van der Waals surface area contributed by atoms with Crippen LogP contribution >= 0.6 is 0 Å². The molecule has 0 saturated carbocycles. The number of hydrogen-bond donors (Lipinski definition) is 1. The number of nitrogens with one attached hydrogen (secondary N) is 1. The highest BCUT2D eigenvalue weighted by atomic mass is 15.3. The minimum atomic E-state index is 0.655. The molecule has 1 rings (SSSR count). The molecule has 16 heavy (non-hydrogen) atoms. The fourth-order valence-corrected chi connectivity index (χ4v) is 2.46. The SMILES string of the molecule is CNC(C)CCCN1CC(C)N(C)C(C)C1. The summed E-state index contributed by atoms with van der Waals surface area (Å²) in [6.45, 7) is 10.6. The molecule has 3 atom stereocenters. The zero-order valence-corrected chi connectivity index (χ0v) is 11.7. The highest BCUT2D eigenvalue weighted by Gasteiger charge is 2.25. The van der Waals surface area contributed by atoms with Crippen molar-refractivity contribution in [2.45, 2.75) is 51.7 Å².